The van der Waals surface area contributed by atoms with Crippen molar-refractivity contribution in [1.29, 1.82) is 0 Å². The lowest BCUT2D eigenvalue weighted by atomic mass is 10.1. The summed E-state index contributed by atoms with van der Waals surface area (Å²) in [6.45, 7) is 3.29. The molecular formula is C12H20ClN3O2. The van der Waals surface area contributed by atoms with Crippen molar-refractivity contribution >= 4 is 11.6 Å². The molecule has 0 bridgehead atoms. The Balaban J connectivity index is 2.00. The van der Waals surface area contributed by atoms with E-state index in [9.17, 15) is 0 Å². The molecular weight excluding hydrogens is 254 g/mol. The summed E-state index contributed by atoms with van der Waals surface area (Å²) in [5.41, 5.74) is 1.92. The first-order chi connectivity index (χ1) is 8.61. The lowest BCUT2D eigenvalue weighted by molar-refractivity contribution is -0.0523. The summed E-state index contributed by atoms with van der Waals surface area (Å²) in [7, 11) is 3.86. The van der Waals surface area contributed by atoms with E-state index in [-0.39, 0.29) is 12.3 Å². The van der Waals surface area contributed by atoms with Crippen LogP contribution in [0.1, 0.15) is 17.8 Å². The van der Waals surface area contributed by atoms with E-state index in [2.05, 4.69) is 10.4 Å². The average Bonchev–Trinajstić information content (AvgIpc) is 2.92. The number of aryl methyl sites for hydroxylation is 2. The Morgan fingerprint density at radius 1 is 1.50 bits per heavy atom. The summed E-state index contributed by atoms with van der Waals surface area (Å²) in [4.78, 5) is 0. The molecule has 102 valence electrons. The zero-order valence-corrected chi connectivity index (χ0v) is 11.8. The molecule has 1 fully saturated rings. The van der Waals surface area contributed by atoms with Crippen molar-refractivity contribution in [2.75, 3.05) is 20.3 Å². The molecule has 0 spiro atoms. The third-order valence-electron chi connectivity index (χ3n) is 3.28. The van der Waals surface area contributed by atoms with Gasteiger partial charge < -0.3 is 14.8 Å². The Kier molecular flexibility index (Phi) is 4.61. The second kappa shape index (κ2) is 6.02. The Morgan fingerprint density at radius 3 is 2.67 bits per heavy atom. The SMILES string of the molecule is CNC(Cc1c(Cl)c(C)nn1C)CC1OCCO1. The Morgan fingerprint density at radius 2 is 2.17 bits per heavy atom. The standard InChI is InChI=1S/C12H20ClN3O2/c1-8-12(13)10(16(3)15-8)6-9(14-2)7-11-17-4-5-18-11/h9,11,14H,4-7H2,1-3H3. The number of aromatic nitrogens is 2. The fraction of sp³-hybridized carbons (Fsp3) is 0.750. The molecule has 1 unspecified atom stereocenters. The van der Waals surface area contributed by atoms with E-state index in [4.69, 9.17) is 21.1 Å². The van der Waals surface area contributed by atoms with E-state index < -0.39 is 0 Å². The van der Waals surface area contributed by atoms with Gasteiger partial charge in [-0.15, -0.1) is 0 Å². The number of likely N-dealkylation sites (N-methyl/N-ethyl adjacent to an activating group) is 1. The maximum Gasteiger partial charge on any atom is 0.159 e. The van der Waals surface area contributed by atoms with E-state index in [1.165, 1.54) is 0 Å². The van der Waals surface area contributed by atoms with Gasteiger partial charge in [0.15, 0.2) is 6.29 Å². The number of hydrogen-bond donors (Lipinski definition) is 1. The van der Waals surface area contributed by atoms with Crippen molar-refractivity contribution in [2.45, 2.75) is 32.1 Å². The molecule has 18 heavy (non-hydrogen) atoms. The molecule has 1 N–H and O–H groups in total. The van der Waals surface area contributed by atoms with Crippen LogP contribution >= 0.6 is 11.6 Å². The topological polar surface area (TPSA) is 48.3 Å². The molecule has 2 heterocycles. The highest BCUT2D eigenvalue weighted by Gasteiger charge is 2.23. The number of ether oxygens (including phenoxy) is 2. The van der Waals surface area contributed by atoms with Crippen LogP contribution in [0.2, 0.25) is 5.02 Å². The van der Waals surface area contributed by atoms with Gasteiger partial charge in [0.1, 0.15) is 0 Å². The third-order valence-corrected chi connectivity index (χ3v) is 3.77. The van der Waals surface area contributed by atoms with Crippen LogP contribution < -0.4 is 5.32 Å². The van der Waals surface area contributed by atoms with Crippen LogP contribution in [-0.2, 0) is 22.9 Å². The van der Waals surface area contributed by atoms with Crippen molar-refractivity contribution in [3.63, 3.8) is 0 Å². The maximum atomic E-state index is 6.26. The number of nitrogens with zero attached hydrogens (tertiary/aromatic N) is 2. The summed E-state index contributed by atoms with van der Waals surface area (Å²) < 4.78 is 12.8. The highest BCUT2D eigenvalue weighted by Crippen LogP contribution is 2.22. The Bertz CT molecular complexity index is 402. The van der Waals surface area contributed by atoms with Crippen LogP contribution in [0.5, 0.6) is 0 Å². The number of halogens is 1. The number of rotatable bonds is 5. The zero-order valence-electron chi connectivity index (χ0n) is 11.1. The lowest BCUT2D eigenvalue weighted by Crippen LogP contribution is -2.33. The summed E-state index contributed by atoms with van der Waals surface area (Å²) in [6, 6.07) is 0.264. The molecule has 0 aromatic carbocycles. The first-order valence-electron chi connectivity index (χ1n) is 6.20. The number of nitrogens with one attached hydrogen (secondary N) is 1. The highest BCUT2D eigenvalue weighted by atomic mass is 35.5. The van der Waals surface area contributed by atoms with Crippen LogP contribution in [-0.4, -0.2) is 42.4 Å². The van der Waals surface area contributed by atoms with Crippen molar-refractivity contribution in [3.8, 4) is 0 Å². The van der Waals surface area contributed by atoms with Gasteiger partial charge in [0, 0.05) is 25.9 Å². The van der Waals surface area contributed by atoms with Gasteiger partial charge in [-0.2, -0.15) is 5.10 Å². The van der Waals surface area contributed by atoms with Crippen LogP contribution in [0, 0.1) is 6.92 Å². The summed E-state index contributed by atoms with van der Waals surface area (Å²) >= 11 is 6.26. The quantitative estimate of drug-likeness (QED) is 0.878. The highest BCUT2D eigenvalue weighted by molar-refractivity contribution is 6.31. The molecule has 5 nitrogen and oxygen atoms in total. The minimum atomic E-state index is -0.101. The van der Waals surface area contributed by atoms with Gasteiger partial charge in [0.2, 0.25) is 0 Å². The minimum absolute atomic E-state index is 0.101. The van der Waals surface area contributed by atoms with Crippen molar-refractivity contribution in [1.82, 2.24) is 15.1 Å². The van der Waals surface area contributed by atoms with E-state index in [0.29, 0.717) is 13.2 Å². The van der Waals surface area contributed by atoms with Crippen molar-refractivity contribution in [3.05, 3.63) is 16.4 Å². The van der Waals surface area contributed by atoms with E-state index >= 15 is 0 Å². The van der Waals surface area contributed by atoms with Crippen LogP contribution in [0.15, 0.2) is 0 Å². The Labute approximate surface area is 112 Å². The van der Waals surface area contributed by atoms with Gasteiger partial charge in [0.05, 0.1) is 29.6 Å². The van der Waals surface area contributed by atoms with Crippen LogP contribution in [0.3, 0.4) is 0 Å². The van der Waals surface area contributed by atoms with Gasteiger partial charge >= 0.3 is 0 Å². The predicted molar refractivity (Wildman–Crippen MR) is 69.8 cm³/mol. The molecule has 1 aliphatic rings. The summed E-state index contributed by atoms with van der Waals surface area (Å²) in [6.07, 6.45) is 1.53. The van der Waals surface area contributed by atoms with Gasteiger partial charge in [0.25, 0.3) is 0 Å². The van der Waals surface area contributed by atoms with E-state index in [1.807, 2.05) is 25.7 Å². The maximum absolute atomic E-state index is 6.26. The molecule has 1 aliphatic heterocycles. The Hall–Kier alpha value is -0.620. The van der Waals surface area contributed by atoms with Gasteiger partial charge in [-0.25, -0.2) is 0 Å². The molecule has 1 atom stereocenters. The molecule has 0 aliphatic carbocycles. The normalized spacial score (nSPS) is 18.4. The summed E-state index contributed by atoms with van der Waals surface area (Å²) in [5, 5.41) is 8.36. The van der Waals surface area contributed by atoms with Gasteiger partial charge in [-0.05, 0) is 14.0 Å². The second-order valence-corrected chi connectivity index (χ2v) is 4.94. The second-order valence-electron chi connectivity index (χ2n) is 4.57. The molecule has 0 saturated carbocycles. The van der Waals surface area contributed by atoms with E-state index in [1.54, 1.807) is 0 Å². The number of hydrogen-bond acceptors (Lipinski definition) is 4. The monoisotopic (exact) mass is 273 g/mol. The van der Waals surface area contributed by atoms with Gasteiger partial charge in [-0.1, -0.05) is 11.6 Å². The van der Waals surface area contributed by atoms with E-state index in [0.717, 1.165) is 29.3 Å². The molecule has 2 rings (SSSR count). The fourth-order valence-corrected chi connectivity index (χ4v) is 2.45. The van der Waals surface area contributed by atoms with Crippen LogP contribution in [0.25, 0.3) is 0 Å². The predicted octanol–water partition coefficient (Wildman–Crippen LogP) is 1.28. The largest absolute Gasteiger partial charge is 0.350 e. The molecule has 0 amide bonds. The minimum Gasteiger partial charge on any atom is -0.350 e. The zero-order chi connectivity index (χ0) is 13.1. The first-order valence-corrected chi connectivity index (χ1v) is 6.58. The van der Waals surface area contributed by atoms with Gasteiger partial charge in [-0.3, -0.25) is 4.68 Å². The summed E-state index contributed by atoms with van der Waals surface area (Å²) in [5.74, 6) is 0. The van der Waals surface area contributed by atoms with Crippen molar-refractivity contribution < 1.29 is 9.47 Å². The van der Waals surface area contributed by atoms with Crippen molar-refractivity contribution in [2.24, 2.45) is 7.05 Å². The smallest absolute Gasteiger partial charge is 0.159 e. The van der Waals surface area contributed by atoms with Crippen LogP contribution in [0.4, 0.5) is 0 Å². The lowest BCUT2D eigenvalue weighted by Gasteiger charge is -2.19. The molecule has 1 saturated heterocycles. The fourth-order valence-electron chi connectivity index (χ4n) is 2.21. The third kappa shape index (κ3) is 3.03. The first kappa shape index (κ1) is 13.8. The molecule has 6 heteroatoms. The molecule has 1 aromatic heterocycles. The molecule has 0 radical (unpaired) electrons. The average molecular weight is 274 g/mol. The molecule has 1 aromatic rings.